The summed E-state index contributed by atoms with van der Waals surface area (Å²) in [6, 6.07) is 8.72. The molecule has 100 valence electrons. The maximum absolute atomic E-state index is 5.66. The number of fused-ring (bicyclic) bond motifs is 1. The minimum atomic E-state index is 0.847. The van der Waals surface area contributed by atoms with E-state index in [0.717, 1.165) is 31.7 Å². The van der Waals surface area contributed by atoms with Gasteiger partial charge in [0.15, 0.2) is 0 Å². The van der Waals surface area contributed by atoms with Crippen LogP contribution in [0.15, 0.2) is 24.3 Å². The van der Waals surface area contributed by atoms with Gasteiger partial charge in [-0.2, -0.15) is 0 Å². The Labute approximate surface area is 114 Å². The summed E-state index contributed by atoms with van der Waals surface area (Å²) in [4.78, 5) is 3.47. The zero-order valence-electron chi connectivity index (χ0n) is 11.5. The highest BCUT2D eigenvalue weighted by Crippen LogP contribution is 2.30. The Balaban J connectivity index is 1.95. The Morgan fingerprint density at radius 3 is 3.05 bits per heavy atom. The van der Waals surface area contributed by atoms with Crippen LogP contribution in [0, 0.1) is 6.92 Å². The molecule has 0 saturated heterocycles. The molecule has 2 N–H and O–H groups in total. The normalized spacial score (nSPS) is 14.0. The number of nitrogens with one attached hydrogen (secondary N) is 2. The summed E-state index contributed by atoms with van der Waals surface area (Å²) in [5, 5.41) is 3.20. The molecule has 1 aromatic heterocycles. The average Bonchev–Trinajstić information content (AvgIpc) is 2.80. The van der Waals surface area contributed by atoms with Gasteiger partial charge in [0, 0.05) is 17.9 Å². The molecule has 3 rings (SSSR count). The lowest BCUT2D eigenvalue weighted by Gasteiger charge is -2.17. The van der Waals surface area contributed by atoms with E-state index in [2.05, 4.69) is 41.5 Å². The zero-order chi connectivity index (χ0) is 13.2. The van der Waals surface area contributed by atoms with Gasteiger partial charge in [-0.25, -0.2) is 0 Å². The van der Waals surface area contributed by atoms with Crippen molar-refractivity contribution in [3.63, 3.8) is 0 Å². The van der Waals surface area contributed by atoms with E-state index in [0.29, 0.717) is 0 Å². The predicted octanol–water partition coefficient (Wildman–Crippen LogP) is 3.03. The summed E-state index contributed by atoms with van der Waals surface area (Å²) in [7, 11) is 1.97. The first-order valence-corrected chi connectivity index (χ1v) is 6.87. The molecule has 3 nitrogen and oxygen atoms in total. The van der Waals surface area contributed by atoms with Crippen molar-refractivity contribution in [1.29, 1.82) is 0 Å². The van der Waals surface area contributed by atoms with Gasteiger partial charge < -0.3 is 15.0 Å². The highest BCUT2D eigenvalue weighted by molar-refractivity contribution is 5.64. The average molecular weight is 256 g/mol. The third-order valence-corrected chi connectivity index (χ3v) is 3.71. The standard InChI is InChI=1S/C16H20N2O/c1-11-14(10-17-2)9-15(18-11)12-5-6-16-13(8-12)4-3-7-19-16/h5-6,8-9,17-18H,3-4,7,10H2,1-2H3. The number of hydrogen-bond donors (Lipinski definition) is 2. The van der Waals surface area contributed by atoms with Crippen LogP contribution in [0.5, 0.6) is 5.75 Å². The van der Waals surface area contributed by atoms with Crippen molar-refractivity contribution >= 4 is 0 Å². The maximum Gasteiger partial charge on any atom is 0.122 e. The van der Waals surface area contributed by atoms with Crippen LogP contribution in [0.4, 0.5) is 0 Å². The summed E-state index contributed by atoms with van der Waals surface area (Å²) in [5.74, 6) is 1.05. The fourth-order valence-corrected chi connectivity index (χ4v) is 2.66. The minimum Gasteiger partial charge on any atom is -0.493 e. The Morgan fingerprint density at radius 1 is 1.32 bits per heavy atom. The summed E-state index contributed by atoms with van der Waals surface area (Å²) in [5.41, 5.74) is 6.32. The van der Waals surface area contributed by atoms with Gasteiger partial charge in [0.05, 0.1) is 6.61 Å². The van der Waals surface area contributed by atoms with Crippen LogP contribution in [-0.4, -0.2) is 18.6 Å². The Kier molecular flexibility index (Phi) is 3.30. The second-order valence-electron chi connectivity index (χ2n) is 5.14. The highest BCUT2D eigenvalue weighted by Gasteiger charge is 2.12. The topological polar surface area (TPSA) is 37.0 Å². The maximum atomic E-state index is 5.66. The molecule has 19 heavy (non-hydrogen) atoms. The summed E-state index contributed by atoms with van der Waals surface area (Å²) in [6.07, 6.45) is 2.23. The van der Waals surface area contributed by atoms with Crippen molar-refractivity contribution < 1.29 is 4.74 Å². The third kappa shape index (κ3) is 2.38. The number of H-pyrrole nitrogens is 1. The molecule has 0 bridgehead atoms. The van der Waals surface area contributed by atoms with Crippen LogP contribution in [0.1, 0.15) is 23.2 Å². The van der Waals surface area contributed by atoms with E-state index in [1.807, 2.05) is 7.05 Å². The molecular formula is C16H20N2O. The van der Waals surface area contributed by atoms with Crippen molar-refractivity contribution in [2.45, 2.75) is 26.3 Å². The van der Waals surface area contributed by atoms with Gasteiger partial charge in [0.1, 0.15) is 5.75 Å². The second kappa shape index (κ2) is 5.10. The van der Waals surface area contributed by atoms with E-state index >= 15 is 0 Å². The molecule has 0 aliphatic carbocycles. The fourth-order valence-electron chi connectivity index (χ4n) is 2.66. The van der Waals surface area contributed by atoms with Crippen LogP contribution in [0.25, 0.3) is 11.3 Å². The summed E-state index contributed by atoms with van der Waals surface area (Å²) >= 11 is 0. The molecular weight excluding hydrogens is 236 g/mol. The minimum absolute atomic E-state index is 0.847. The lowest BCUT2D eigenvalue weighted by molar-refractivity contribution is 0.288. The Bertz CT molecular complexity index is 586. The van der Waals surface area contributed by atoms with Crippen LogP contribution in [0.2, 0.25) is 0 Å². The largest absolute Gasteiger partial charge is 0.493 e. The Hall–Kier alpha value is -1.74. The quantitative estimate of drug-likeness (QED) is 0.885. The lowest BCUT2D eigenvalue weighted by atomic mass is 10.0. The first kappa shape index (κ1) is 12.3. The molecule has 3 heteroatoms. The number of hydrogen-bond acceptors (Lipinski definition) is 2. The SMILES string of the molecule is CNCc1cc(-c2ccc3c(c2)CCCO3)[nH]c1C. The van der Waals surface area contributed by atoms with Crippen LogP contribution in [0.3, 0.4) is 0 Å². The van der Waals surface area contributed by atoms with Gasteiger partial charge in [0.2, 0.25) is 0 Å². The zero-order valence-corrected chi connectivity index (χ0v) is 11.5. The van der Waals surface area contributed by atoms with E-state index in [9.17, 15) is 0 Å². The van der Waals surface area contributed by atoms with Crippen LogP contribution < -0.4 is 10.1 Å². The van der Waals surface area contributed by atoms with Gasteiger partial charge >= 0.3 is 0 Å². The molecule has 0 saturated carbocycles. The molecule has 0 radical (unpaired) electrons. The van der Waals surface area contributed by atoms with Gasteiger partial charge in [-0.05, 0) is 67.8 Å². The van der Waals surface area contributed by atoms with Crippen LogP contribution in [-0.2, 0) is 13.0 Å². The first-order valence-electron chi connectivity index (χ1n) is 6.87. The van der Waals surface area contributed by atoms with Crippen molar-refractivity contribution in [3.8, 4) is 17.0 Å². The van der Waals surface area contributed by atoms with E-state index in [1.54, 1.807) is 0 Å². The number of benzene rings is 1. The van der Waals surface area contributed by atoms with Crippen molar-refractivity contribution in [2.75, 3.05) is 13.7 Å². The van der Waals surface area contributed by atoms with Crippen molar-refractivity contribution in [2.24, 2.45) is 0 Å². The van der Waals surface area contributed by atoms with Crippen molar-refractivity contribution in [1.82, 2.24) is 10.3 Å². The summed E-state index contributed by atoms with van der Waals surface area (Å²) < 4.78 is 5.66. The molecule has 0 atom stereocenters. The van der Waals surface area contributed by atoms with Gasteiger partial charge in [-0.1, -0.05) is 0 Å². The van der Waals surface area contributed by atoms with Gasteiger partial charge in [0.25, 0.3) is 0 Å². The smallest absolute Gasteiger partial charge is 0.122 e. The molecule has 0 amide bonds. The fraction of sp³-hybridized carbons (Fsp3) is 0.375. The molecule has 2 heterocycles. The molecule has 1 aromatic carbocycles. The number of aromatic amines is 1. The lowest BCUT2D eigenvalue weighted by Crippen LogP contribution is -2.08. The molecule has 1 aliphatic heterocycles. The van der Waals surface area contributed by atoms with Gasteiger partial charge in [-0.15, -0.1) is 0 Å². The first-order chi connectivity index (χ1) is 9.28. The predicted molar refractivity (Wildman–Crippen MR) is 77.5 cm³/mol. The molecule has 2 aromatic rings. The Morgan fingerprint density at radius 2 is 2.21 bits per heavy atom. The number of aryl methyl sites for hydroxylation is 2. The molecule has 0 spiro atoms. The monoisotopic (exact) mass is 256 g/mol. The molecule has 1 aliphatic rings. The number of rotatable bonds is 3. The number of ether oxygens (including phenoxy) is 1. The van der Waals surface area contributed by atoms with E-state index < -0.39 is 0 Å². The van der Waals surface area contributed by atoms with Crippen molar-refractivity contribution in [3.05, 3.63) is 41.1 Å². The van der Waals surface area contributed by atoms with E-state index in [1.165, 1.54) is 28.1 Å². The number of aromatic nitrogens is 1. The third-order valence-electron chi connectivity index (χ3n) is 3.71. The molecule has 0 fully saturated rings. The highest BCUT2D eigenvalue weighted by atomic mass is 16.5. The summed E-state index contributed by atoms with van der Waals surface area (Å²) in [6.45, 7) is 3.87. The van der Waals surface area contributed by atoms with E-state index in [4.69, 9.17) is 4.74 Å². The molecule has 0 unspecified atom stereocenters. The second-order valence-corrected chi connectivity index (χ2v) is 5.14. The van der Waals surface area contributed by atoms with Gasteiger partial charge in [-0.3, -0.25) is 0 Å². The van der Waals surface area contributed by atoms with E-state index in [-0.39, 0.29) is 0 Å². The van der Waals surface area contributed by atoms with Crippen LogP contribution >= 0.6 is 0 Å².